The Balaban J connectivity index is 2.00. The highest BCUT2D eigenvalue weighted by atomic mass is 16.3. The number of aromatic amines is 1. The van der Waals surface area contributed by atoms with Gasteiger partial charge in [-0.2, -0.15) is 0 Å². The molecule has 0 aromatic carbocycles. The first kappa shape index (κ1) is 12.3. The van der Waals surface area contributed by atoms with Crippen LogP contribution in [0.5, 0.6) is 0 Å². The summed E-state index contributed by atoms with van der Waals surface area (Å²) in [6.45, 7) is 1.78. The van der Waals surface area contributed by atoms with Gasteiger partial charge in [-0.3, -0.25) is 14.8 Å². The molecule has 0 amide bonds. The maximum atomic E-state index is 11.7. The summed E-state index contributed by atoms with van der Waals surface area (Å²) >= 11 is 0. The Bertz CT molecular complexity index is 598. The second-order valence-electron chi connectivity index (χ2n) is 4.95. The molecule has 6 N–H and O–H groups in total. The molecule has 1 aromatic rings. The van der Waals surface area contributed by atoms with Gasteiger partial charge in [-0.15, -0.1) is 0 Å². The van der Waals surface area contributed by atoms with Crippen molar-refractivity contribution in [3.05, 3.63) is 16.0 Å². The van der Waals surface area contributed by atoms with Gasteiger partial charge >= 0.3 is 0 Å². The van der Waals surface area contributed by atoms with E-state index in [0.29, 0.717) is 5.69 Å². The number of aromatic nitrogens is 2. The van der Waals surface area contributed by atoms with Crippen LogP contribution in [0.4, 0.5) is 11.6 Å². The van der Waals surface area contributed by atoms with Gasteiger partial charge < -0.3 is 21.3 Å². The number of H-pyrrole nitrogens is 1. The van der Waals surface area contributed by atoms with Crippen LogP contribution < -0.4 is 16.6 Å². The number of rotatable bonds is 1. The molecule has 2 aliphatic heterocycles. The fourth-order valence-electron chi connectivity index (χ4n) is 2.67. The zero-order valence-corrected chi connectivity index (χ0v) is 10.2. The molecular formula is C11H15N5O3. The predicted octanol–water partition coefficient (Wildman–Crippen LogP) is -1.77. The highest BCUT2D eigenvalue weighted by Crippen LogP contribution is 2.34. The van der Waals surface area contributed by atoms with Gasteiger partial charge in [0.05, 0.1) is 23.8 Å². The number of anilines is 1. The van der Waals surface area contributed by atoms with Crippen molar-refractivity contribution in [1.82, 2.24) is 15.3 Å². The van der Waals surface area contributed by atoms with Gasteiger partial charge in [0.1, 0.15) is 0 Å². The summed E-state index contributed by atoms with van der Waals surface area (Å²) in [6, 6.07) is -0.680. The number of hydrogen-bond acceptors (Lipinski definition) is 7. The summed E-state index contributed by atoms with van der Waals surface area (Å²) in [5.74, 6) is -0.366. The van der Waals surface area contributed by atoms with Crippen molar-refractivity contribution in [3.8, 4) is 0 Å². The Kier molecular flexibility index (Phi) is 2.66. The molecule has 1 unspecified atom stereocenters. The van der Waals surface area contributed by atoms with E-state index in [0.717, 1.165) is 0 Å². The van der Waals surface area contributed by atoms with Crippen LogP contribution in [0.15, 0.2) is 9.79 Å². The van der Waals surface area contributed by atoms with Crippen LogP contribution >= 0.6 is 0 Å². The standard InChI is InChI=1S/C11H15N5O3/c1-3-8(17)9(18)6(14-3)4-2-13-7-5(4)15-11(12)16-10(7)19/h2-4,6,8-9,14,17-18H,1H3,(H3,12,15,16,19)/t3-,4?,6+,8-,9+/m1/s1. The Labute approximate surface area is 108 Å². The third-order valence-corrected chi connectivity index (χ3v) is 3.69. The molecule has 3 heterocycles. The third kappa shape index (κ3) is 1.76. The van der Waals surface area contributed by atoms with Crippen LogP contribution in [0.3, 0.4) is 0 Å². The lowest BCUT2D eigenvalue weighted by Crippen LogP contribution is -2.39. The van der Waals surface area contributed by atoms with E-state index in [4.69, 9.17) is 5.73 Å². The maximum Gasteiger partial charge on any atom is 0.278 e. The molecule has 8 nitrogen and oxygen atoms in total. The number of aliphatic hydroxyl groups excluding tert-OH is 2. The van der Waals surface area contributed by atoms with Crippen molar-refractivity contribution in [3.63, 3.8) is 0 Å². The molecule has 8 heteroatoms. The minimum atomic E-state index is -0.945. The third-order valence-electron chi connectivity index (χ3n) is 3.69. The van der Waals surface area contributed by atoms with Crippen LogP contribution in [-0.2, 0) is 0 Å². The fourth-order valence-corrected chi connectivity index (χ4v) is 2.67. The van der Waals surface area contributed by atoms with E-state index < -0.39 is 23.8 Å². The van der Waals surface area contributed by atoms with Crippen LogP contribution in [-0.4, -0.2) is 50.7 Å². The van der Waals surface area contributed by atoms with Gasteiger partial charge in [-0.05, 0) is 6.92 Å². The van der Waals surface area contributed by atoms with Gasteiger partial charge in [0.25, 0.3) is 5.56 Å². The summed E-state index contributed by atoms with van der Waals surface area (Å²) in [6.07, 6.45) is -0.251. The molecule has 2 aliphatic rings. The molecule has 19 heavy (non-hydrogen) atoms. The minimum Gasteiger partial charge on any atom is -0.389 e. The Morgan fingerprint density at radius 3 is 2.74 bits per heavy atom. The van der Waals surface area contributed by atoms with Crippen molar-refractivity contribution in [2.45, 2.75) is 37.1 Å². The van der Waals surface area contributed by atoms with Gasteiger partial charge in [-0.1, -0.05) is 0 Å². The highest BCUT2D eigenvalue weighted by Gasteiger charge is 2.45. The van der Waals surface area contributed by atoms with Crippen molar-refractivity contribution >= 4 is 17.9 Å². The first-order valence-corrected chi connectivity index (χ1v) is 6.05. The predicted molar refractivity (Wildman–Crippen MR) is 68.6 cm³/mol. The first-order valence-electron chi connectivity index (χ1n) is 6.05. The van der Waals surface area contributed by atoms with Gasteiger partial charge in [0.2, 0.25) is 5.95 Å². The van der Waals surface area contributed by atoms with E-state index in [1.165, 1.54) is 0 Å². The first-order chi connectivity index (χ1) is 8.99. The van der Waals surface area contributed by atoms with Crippen molar-refractivity contribution in [1.29, 1.82) is 0 Å². The number of nitrogens with two attached hydrogens (primary N) is 1. The second-order valence-corrected chi connectivity index (χ2v) is 4.95. The number of aliphatic hydroxyl groups is 2. The topological polar surface area (TPSA) is 137 Å². The molecule has 1 saturated heterocycles. The van der Waals surface area contributed by atoms with Gasteiger partial charge in [0.15, 0.2) is 5.69 Å². The molecule has 1 fully saturated rings. The largest absolute Gasteiger partial charge is 0.389 e. The SMILES string of the molecule is C[C@H]1N[C@@H](C2C=Nc3c2nc(N)[nH]c3=O)[C@H](O)[C@@H]1O. The smallest absolute Gasteiger partial charge is 0.278 e. The number of fused-ring (bicyclic) bond motifs is 1. The summed E-state index contributed by atoms with van der Waals surface area (Å²) in [4.78, 5) is 22.2. The Morgan fingerprint density at radius 1 is 1.37 bits per heavy atom. The van der Waals surface area contributed by atoms with Crippen molar-refractivity contribution in [2.75, 3.05) is 5.73 Å². The second kappa shape index (κ2) is 4.12. The van der Waals surface area contributed by atoms with Gasteiger partial charge in [0, 0.05) is 18.3 Å². The van der Waals surface area contributed by atoms with E-state index >= 15 is 0 Å². The molecule has 0 aliphatic carbocycles. The highest BCUT2D eigenvalue weighted by molar-refractivity contribution is 5.80. The molecule has 0 spiro atoms. The van der Waals surface area contributed by atoms with Crippen molar-refractivity contribution < 1.29 is 10.2 Å². The zero-order chi connectivity index (χ0) is 13.7. The molecule has 0 saturated carbocycles. The van der Waals surface area contributed by atoms with E-state index in [1.807, 2.05) is 0 Å². The lowest BCUT2D eigenvalue weighted by Gasteiger charge is -2.20. The van der Waals surface area contributed by atoms with E-state index in [9.17, 15) is 15.0 Å². The lowest BCUT2D eigenvalue weighted by atomic mass is 9.94. The lowest BCUT2D eigenvalue weighted by molar-refractivity contribution is 0.0293. The Morgan fingerprint density at radius 2 is 2.11 bits per heavy atom. The van der Waals surface area contributed by atoms with Crippen LogP contribution in [0.1, 0.15) is 18.5 Å². The number of nitrogens with zero attached hydrogens (tertiary/aromatic N) is 2. The number of nitrogen functional groups attached to an aromatic ring is 1. The molecule has 0 bridgehead atoms. The number of aliphatic imine (C=N–C) groups is 1. The average molecular weight is 265 g/mol. The van der Waals surface area contributed by atoms with E-state index in [1.54, 1.807) is 13.1 Å². The molecule has 102 valence electrons. The minimum absolute atomic E-state index is 0.0142. The van der Waals surface area contributed by atoms with E-state index in [-0.39, 0.29) is 23.6 Å². The molecule has 0 radical (unpaired) electrons. The Hall–Kier alpha value is -1.77. The molecular weight excluding hydrogens is 250 g/mol. The van der Waals surface area contributed by atoms with Crippen LogP contribution in [0, 0.1) is 0 Å². The van der Waals surface area contributed by atoms with Crippen molar-refractivity contribution in [2.24, 2.45) is 4.99 Å². The van der Waals surface area contributed by atoms with Crippen LogP contribution in [0.25, 0.3) is 0 Å². The quantitative estimate of drug-likeness (QED) is 0.408. The maximum absolute atomic E-state index is 11.7. The number of hydrogen-bond donors (Lipinski definition) is 5. The molecule has 5 atom stereocenters. The summed E-state index contributed by atoms with van der Waals surface area (Å²) < 4.78 is 0. The average Bonchev–Trinajstić information content (AvgIpc) is 2.86. The number of nitrogens with one attached hydrogen (secondary N) is 2. The molecule has 1 aromatic heterocycles. The fraction of sp³-hybridized carbons (Fsp3) is 0.545. The summed E-state index contributed by atoms with van der Waals surface area (Å²) in [5.41, 5.74) is 5.77. The summed E-state index contributed by atoms with van der Waals surface area (Å²) in [5, 5.41) is 22.9. The zero-order valence-electron chi connectivity index (χ0n) is 10.2. The summed E-state index contributed by atoms with van der Waals surface area (Å²) in [7, 11) is 0. The van der Waals surface area contributed by atoms with E-state index in [2.05, 4.69) is 20.3 Å². The van der Waals surface area contributed by atoms with Crippen LogP contribution in [0.2, 0.25) is 0 Å². The monoisotopic (exact) mass is 265 g/mol. The normalized spacial score (nSPS) is 36.7. The van der Waals surface area contributed by atoms with Gasteiger partial charge in [-0.25, -0.2) is 4.98 Å². The molecule has 3 rings (SSSR count).